The van der Waals surface area contributed by atoms with Gasteiger partial charge in [0.2, 0.25) is 0 Å². The van der Waals surface area contributed by atoms with Crippen LogP contribution in [0, 0.1) is 0 Å². The normalized spacial score (nSPS) is 10.7. The van der Waals surface area contributed by atoms with E-state index in [1.54, 1.807) is 24.3 Å². The number of ether oxygens (including phenoxy) is 1. The van der Waals surface area contributed by atoms with Crippen LogP contribution in [0.1, 0.15) is 5.56 Å². The monoisotopic (exact) mass is 349 g/mol. The number of benzene rings is 2. The van der Waals surface area contributed by atoms with Crippen LogP contribution in [0.25, 0.3) is 0 Å². The predicted molar refractivity (Wildman–Crippen MR) is 85.8 cm³/mol. The van der Waals surface area contributed by atoms with Gasteiger partial charge < -0.3 is 10.5 Å². The fourth-order valence-electron chi connectivity index (χ4n) is 1.70. The van der Waals surface area contributed by atoms with Gasteiger partial charge >= 0.3 is 0 Å². The first kappa shape index (κ1) is 15.7. The van der Waals surface area contributed by atoms with Gasteiger partial charge in [-0.2, -0.15) is 0 Å². The highest BCUT2D eigenvalue weighted by atomic mass is 35.5. The van der Waals surface area contributed by atoms with E-state index in [-0.39, 0.29) is 0 Å². The lowest BCUT2D eigenvalue weighted by atomic mass is 10.1. The van der Waals surface area contributed by atoms with Gasteiger partial charge in [-0.3, -0.25) is 0 Å². The Kier molecular flexibility index (Phi) is 5.42. The van der Waals surface area contributed by atoms with E-state index in [4.69, 9.17) is 56.9 Å². The molecule has 6 heteroatoms. The Morgan fingerprint density at radius 3 is 2.25 bits per heavy atom. The Bertz CT molecular complexity index is 631. The molecule has 0 radical (unpaired) electrons. The topological polar surface area (TPSA) is 35.2 Å². The molecule has 2 aromatic carbocycles. The van der Waals surface area contributed by atoms with Crippen molar-refractivity contribution in [2.45, 2.75) is 6.42 Å². The van der Waals surface area contributed by atoms with Gasteiger partial charge in [0, 0.05) is 11.1 Å². The van der Waals surface area contributed by atoms with Crippen LogP contribution in [0.5, 0.6) is 11.5 Å². The van der Waals surface area contributed by atoms with E-state index in [9.17, 15) is 0 Å². The maximum absolute atomic E-state index is 6.09. The maximum Gasteiger partial charge on any atom is 0.147 e. The first-order chi connectivity index (χ1) is 9.51. The minimum Gasteiger partial charge on any atom is -0.455 e. The molecule has 0 unspecified atom stereocenters. The van der Waals surface area contributed by atoms with Gasteiger partial charge in [0.25, 0.3) is 0 Å². The van der Waals surface area contributed by atoms with Crippen LogP contribution < -0.4 is 10.5 Å². The average Bonchev–Trinajstić information content (AvgIpc) is 2.39. The highest BCUT2D eigenvalue weighted by Crippen LogP contribution is 2.37. The summed E-state index contributed by atoms with van der Waals surface area (Å²) < 4.78 is 5.79. The van der Waals surface area contributed by atoms with Gasteiger partial charge in [-0.05, 0) is 42.8 Å². The Morgan fingerprint density at radius 1 is 0.850 bits per heavy atom. The van der Waals surface area contributed by atoms with Crippen LogP contribution in [-0.2, 0) is 6.42 Å². The van der Waals surface area contributed by atoms with Gasteiger partial charge in [-0.15, -0.1) is 0 Å². The van der Waals surface area contributed by atoms with Gasteiger partial charge in [0.1, 0.15) is 11.5 Å². The van der Waals surface area contributed by atoms with Crippen molar-refractivity contribution in [3.8, 4) is 11.5 Å². The molecule has 0 bridgehead atoms. The molecule has 0 saturated heterocycles. The van der Waals surface area contributed by atoms with Gasteiger partial charge in [0.15, 0.2) is 0 Å². The summed E-state index contributed by atoms with van der Waals surface area (Å²) in [7, 11) is 0. The highest BCUT2D eigenvalue weighted by Gasteiger charge is 2.11. The third-order valence-electron chi connectivity index (χ3n) is 2.63. The summed E-state index contributed by atoms with van der Waals surface area (Å²) in [4.78, 5) is 0. The second kappa shape index (κ2) is 6.88. The average molecular weight is 351 g/mol. The molecule has 0 aliphatic rings. The fourth-order valence-corrected chi connectivity index (χ4v) is 2.47. The van der Waals surface area contributed by atoms with Crippen molar-refractivity contribution in [1.82, 2.24) is 0 Å². The van der Waals surface area contributed by atoms with Crippen molar-refractivity contribution in [2.24, 2.45) is 5.73 Å². The van der Waals surface area contributed by atoms with Crippen LogP contribution in [0.4, 0.5) is 0 Å². The van der Waals surface area contributed by atoms with Crippen molar-refractivity contribution in [2.75, 3.05) is 6.54 Å². The van der Waals surface area contributed by atoms with E-state index in [2.05, 4.69) is 0 Å². The van der Waals surface area contributed by atoms with E-state index in [1.807, 2.05) is 6.07 Å². The summed E-state index contributed by atoms with van der Waals surface area (Å²) in [6.07, 6.45) is 0.648. The van der Waals surface area contributed by atoms with Crippen molar-refractivity contribution in [3.05, 3.63) is 56.0 Å². The lowest BCUT2D eigenvalue weighted by Gasteiger charge is -2.13. The molecule has 106 valence electrons. The number of hydrogen-bond donors (Lipinski definition) is 1. The number of nitrogens with two attached hydrogens (primary N) is 1. The quantitative estimate of drug-likeness (QED) is 0.729. The molecule has 0 fully saturated rings. The summed E-state index contributed by atoms with van der Waals surface area (Å²) in [5, 5.41) is 1.76. The molecule has 0 saturated carbocycles. The molecule has 20 heavy (non-hydrogen) atoms. The van der Waals surface area contributed by atoms with Crippen LogP contribution in [0.2, 0.25) is 20.1 Å². The Balaban J connectivity index is 2.37. The van der Waals surface area contributed by atoms with E-state index in [0.717, 1.165) is 5.56 Å². The summed E-state index contributed by atoms with van der Waals surface area (Å²) >= 11 is 23.9. The van der Waals surface area contributed by atoms with Gasteiger partial charge in [-0.1, -0.05) is 46.4 Å². The zero-order valence-electron chi connectivity index (χ0n) is 10.3. The molecule has 0 amide bonds. The molecule has 0 aliphatic heterocycles. The minimum absolute atomic E-state index is 0.375. The molecule has 2 aromatic rings. The summed E-state index contributed by atoms with van der Waals surface area (Å²) in [5.41, 5.74) is 6.49. The highest BCUT2D eigenvalue weighted by molar-refractivity contribution is 6.43. The molecule has 0 heterocycles. The molecule has 0 atom stereocenters. The lowest BCUT2D eigenvalue weighted by molar-refractivity contribution is 0.476. The molecular formula is C14H11Cl4NO. The van der Waals surface area contributed by atoms with E-state index < -0.39 is 0 Å². The third-order valence-corrected chi connectivity index (χ3v) is 3.88. The van der Waals surface area contributed by atoms with Gasteiger partial charge in [0.05, 0.1) is 15.1 Å². The Labute approximate surface area is 137 Å². The van der Waals surface area contributed by atoms with Crippen molar-refractivity contribution in [3.63, 3.8) is 0 Å². The number of halogens is 4. The first-order valence-corrected chi connectivity index (χ1v) is 7.33. The molecule has 0 spiro atoms. The Hall–Kier alpha value is -0.640. The second-order valence-electron chi connectivity index (χ2n) is 4.09. The van der Waals surface area contributed by atoms with Crippen molar-refractivity contribution >= 4 is 46.4 Å². The van der Waals surface area contributed by atoms with Crippen LogP contribution in [-0.4, -0.2) is 6.54 Å². The molecule has 2 rings (SSSR count). The van der Waals surface area contributed by atoms with E-state index >= 15 is 0 Å². The molecule has 0 aliphatic carbocycles. The Morgan fingerprint density at radius 2 is 1.55 bits per heavy atom. The fraction of sp³-hybridized carbons (Fsp3) is 0.143. The van der Waals surface area contributed by atoms with Crippen LogP contribution in [0.15, 0.2) is 30.3 Å². The van der Waals surface area contributed by atoms with E-state index in [0.29, 0.717) is 44.6 Å². The minimum atomic E-state index is 0.375. The number of hydrogen-bond acceptors (Lipinski definition) is 2. The predicted octanol–water partition coefficient (Wildman–Crippen LogP) is 5.59. The summed E-state index contributed by atoms with van der Waals surface area (Å²) in [6.45, 7) is 0.492. The van der Waals surface area contributed by atoms with Crippen LogP contribution in [0.3, 0.4) is 0 Å². The molecule has 2 nitrogen and oxygen atoms in total. The smallest absolute Gasteiger partial charge is 0.147 e. The zero-order chi connectivity index (χ0) is 14.7. The zero-order valence-corrected chi connectivity index (χ0v) is 13.3. The third kappa shape index (κ3) is 3.72. The van der Waals surface area contributed by atoms with E-state index in [1.165, 1.54) is 0 Å². The molecular weight excluding hydrogens is 340 g/mol. The number of rotatable bonds is 4. The van der Waals surface area contributed by atoms with Gasteiger partial charge in [-0.25, -0.2) is 0 Å². The van der Waals surface area contributed by atoms with Crippen LogP contribution >= 0.6 is 46.4 Å². The second-order valence-corrected chi connectivity index (χ2v) is 5.75. The summed E-state index contributed by atoms with van der Waals surface area (Å²) in [5.74, 6) is 1.07. The lowest BCUT2D eigenvalue weighted by Crippen LogP contribution is -2.04. The van der Waals surface area contributed by atoms with Crippen molar-refractivity contribution < 1.29 is 4.74 Å². The van der Waals surface area contributed by atoms with Crippen molar-refractivity contribution in [1.29, 1.82) is 0 Å². The molecule has 0 aromatic heterocycles. The largest absolute Gasteiger partial charge is 0.455 e. The maximum atomic E-state index is 6.09. The summed E-state index contributed by atoms with van der Waals surface area (Å²) in [6, 6.07) is 8.44. The first-order valence-electron chi connectivity index (χ1n) is 5.82. The SMILES string of the molecule is NCCc1cc(Cl)ccc1Oc1cc(Cl)c(Cl)cc1Cl. The standard InChI is InChI=1S/C14H11Cl4NO/c15-9-1-2-13(8(5-9)3-4-19)20-14-7-11(17)10(16)6-12(14)18/h1-2,5-7H,3-4,19H2. The molecule has 2 N–H and O–H groups in total.